The highest BCUT2D eigenvalue weighted by atomic mass is 79.9. The van der Waals surface area contributed by atoms with Crippen LogP contribution in [0.5, 0.6) is 11.5 Å². The molecule has 106 valence electrons. The molecular weight excluding hydrogens is 318 g/mol. The number of ether oxygens (including phenoxy) is 1. The van der Waals surface area contributed by atoms with E-state index in [1.165, 1.54) is 5.56 Å². The molecule has 2 rings (SSSR count). The van der Waals surface area contributed by atoms with Crippen LogP contribution in [0.15, 0.2) is 46.9 Å². The highest BCUT2D eigenvalue weighted by molar-refractivity contribution is 9.10. The molecule has 0 unspecified atom stereocenters. The first kappa shape index (κ1) is 15.0. The second kappa shape index (κ2) is 7.43. The van der Waals surface area contributed by atoms with Gasteiger partial charge in [0.15, 0.2) is 0 Å². The minimum Gasteiger partial charge on any atom is -0.457 e. The molecule has 0 aliphatic heterocycles. The van der Waals surface area contributed by atoms with Crippen molar-refractivity contribution in [3.8, 4) is 11.5 Å². The number of aliphatic hydroxyl groups is 1. The fraction of sp³-hybridized carbons (Fsp3) is 0.250. The summed E-state index contributed by atoms with van der Waals surface area (Å²) in [6, 6.07) is 13.4. The van der Waals surface area contributed by atoms with Gasteiger partial charge in [-0.3, -0.25) is 0 Å². The Hall–Kier alpha value is -1.36. The van der Waals surface area contributed by atoms with Crippen LogP contribution in [-0.4, -0.2) is 11.7 Å². The normalized spacial score (nSPS) is 10.6. The van der Waals surface area contributed by atoms with Gasteiger partial charge in [-0.15, -0.1) is 0 Å². The summed E-state index contributed by atoms with van der Waals surface area (Å²) in [5.41, 5.74) is 2.04. The zero-order valence-electron chi connectivity index (χ0n) is 11.4. The van der Waals surface area contributed by atoms with Gasteiger partial charge >= 0.3 is 0 Å². The van der Waals surface area contributed by atoms with E-state index >= 15 is 0 Å². The van der Waals surface area contributed by atoms with Gasteiger partial charge in [-0.25, -0.2) is 0 Å². The summed E-state index contributed by atoms with van der Waals surface area (Å²) in [6.45, 7) is 3.87. The monoisotopic (exact) mass is 335 g/mol. The van der Waals surface area contributed by atoms with Crippen LogP contribution in [0.3, 0.4) is 0 Å². The molecule has 2 aromatic carbocycles. The van der Waals surface area contributed by atoms with E-state index in [-0.39, 0.29) is 6.61 Å². The minimum atomic E-state index is 0.0164. The van der Waals surface area contributed by atoms with Crippen molar-refractivity contribution in [1.29, 1.82) is 0 Å². The fourth-order valence-electron chi connectivity index (χ4n) is 1.84. The Morgan fingerprint density at radius 2 is 1.95 bits per heavy atom. The van der Waals surface area contributed by atoms with Gasteiger partial charge in [0.25, 0.3) is 0 Å². The molecule has 2 N–H and O–H groups in total. The molecule has 0 aliphatic rings. The summed E-state index contributed by atoms with van der Waals surface area (Å²) in [4.78, 5) is 0. The average Bonchev–Trinajstić information content (AvgIpc) is 2.47. The number of aliphatic hydroxyl groups excluding tert-OH is 1. The molecule has 0 bridgehead atoms. The quantitative estimate of drug-likeness (QED) is 0.842. The maximum atomic E-state index is 9.12. The molecule has 0 spiro atoms. The van der Waals surface area contributed by atoms with E-state index in [0.29, 0.717) is 0 Å². The second-order valence-electron chi connectivity index (χ2n) is 4.44. The SMILES string of the molecule is CCNCc1ccc(Oc2cccc(CO)c2)cc1Br. The Kier molecular flexibility index (Phi) is 5.59. The third kappa shape index (κ3) is 4.07. The zero-order chi connectivity index (χ0) is 14.4. The van der Waals surface area contributed by atoms with Gasteiger partial charge in [-0.1, -0.05) is 41.1 Å². The molecule has 0 saturated heterocycles. The molecule has 0 heterocycles. The number of nitrogens with one attached hydrogen (secondary N) is 1. The lowest BCUT2D eigenvalue weighted by Gasteiger charge is -2.10. The van der Waals surface area contributed by atoms with Gasteiger partial charge in [0.2, 0.25) is 0 Å². The smallest absolute Gasteiger partial charge is 0.128 e. The highest BCUT2D eigenvalue weighted by Gasteiger charge is 2.03. The summed E-state index contributed by atoms with van der Waals surface area (Å²) in [5.74, 6) is 1.50. The van der Waals surface area contributed by atoms with E-state index in [0.717, 1.165) is 34.6 Å². The van der Waals surface area contributed by atoms with Crippen LogP contribution >= 0.6 is 15.9 Å². The summed E-state index contributed by atoms with van der Waals surface area (Å²) in [7, 11) is 0. The summed E-state index contributed by atoms with van der Waals surface area (Å²) >= 11 is 3.56. The van der Waals surface area contributed by atoms with Crippen LogP contribution < -0.4 is 10.1 Å². The Morgan fingerprint density at radius 1 is 1.15 bits per heavy atom. The predicted octanol–water partition coefficient (Wildman–Crippen LogP) is 3.84. The standard InChI is InChI=1S/C16H18BrNO2/c1-2-18-10-13-6-7-15(9-16(13)17)20-14-5-3-4-12(8-14)11-19/h3-9,18-19H,2,10-11H2,1H3. The van der Waals surface area contributed by atoms with Crippen LogP contribution in [0, 0.1) is 0 Å². The summed E-state index contributed by atoms with van der Waals surface area (Å²) in [6.07, 6.45) is 0. The number of benzene rings is 2. The van der Waals surface area contributed by atoms with Gasteiger partial charge in [0, 0.05) is 11.0 Å². The van der Waals surface area contributed by atoms with E-state index in [9.17, 15) is 0 Å². The van der Waals surface area contributed by atoms with E-state index in [1.54, 1.807) is 0 Å². The maximum Gasteiger partial charge on any atom is 0.128 e. The Bertz CT molecular complexity index is 572. The molecule has 0 saturated carbocycles. The van der Waals surface area contributed by atoms with Crippen LogP contribution in [-0.2, 0) is 13.2 Å². The average molecular weight is 336 g/mol. The van der Waals surface area contributed by atoms with Crippen molar-refractivity contribution in [2.24, 2.45) is 0 Å². The molecular formula is C16H18BrNO2. The summed E-state index contributed by atoms with van der Waals surface area (Å²) in [5, 5.41) is 12.4. The largest absolute Gasteiger partial charge is 0.457 e. The van der Waals surface area contributed by atoms with Crippen molar-refractivity contribution in [2.75, 3.05) is 6.54 Å². The fourth-order valence-corrected chi connectivity index (χ4v) is 2.34. The molecule has 2 aromatic rings. The molecule has 0 aliphatic carbocycles. The van der Waals surface area contributed by atoms with Gasteiger partial charge in [0.1, 0.15) is 11.5 Å². The first-order chi connectivity index (χ1) is 9.72. The lowest BCUT2D eigenvalue weighted by atomic mass is 10.2. The predicted molar refractivity (Wildman–Crippen MR) is 84.0 cm³/mol. The first-order valence-corrected chi connectivity index (χ1v) is 7.39. The number of hydrogen-bond acceptors (Lipinski definition) is 3. The van der Waals surface area contributed by atoms with E-state index < -0.39 is 0 Å². The topological polar surface area (TPSA) is 41.5 Å². The van der Waals surface area contributed by atoms with E-state index in [1.807, 2.05) is 42.5 Å². The molecule has 3 nitrogen and oxygen atoms in total. The Morgan fingerprint density at radius 3 is 2.65 bits per heavy atom. The highest BCUT2D eigenvalue weighted by Crippen LogP contribution is 2.27. The minimum absolute atomic E-state index is 0.0164. The number of halogens is 1. The molecule has 4 heteroatoms. The lowest BCUT2D eigenvalue weighted by Crippen LogP contribution is -2.11. The van der Waals surface area contributed by atoms with E-state index in [4.69, 9.17) is 9.84 Å². The van der Waals surface area contributed by atoms with Crippen LogP contribution in [0.4, 0.5) is 0 Å². The van der Waals surface area contributed by atoms with Crippen molar-refractivity contribution >= 4 is 15.9 Å². The molecule has 20 heavy (non-hydrogen) atoms. The van der Waals surface area contributed by atoms with Crippen molar-refractivity contribution in [3.63, 3.8) is 0 Å². The van der Waals surface area contributed by atoms with Gasteiger partial charge < -0.3 is 15.2 Å². The molecule has 0 aromatic heterocycles. The maximum absolute atomic E-state index is 9.12. The summed E-state index contributed by atoms with van der Waals surface area (Å²) < 4.78 is 6.82. The Labute approximate surface area is 127 Å². The molecule has 0 fully saturated rings. The Balaban J connectivity index is 2.11. The van der Waals surface area contributed by atoms with Crippen molar-refractivity contribution in [1.82, 2.24) is 5.32 Å². The van der Waals surface area contributed by atoms with Crippen molar-refractivity contribution in [2.45, 2.75) is 20.1 Å². The molecule has 0 amide bonds. The lowest BCUT2D eigenvalue weighted by molar-refractivity contribution is 0.281. The second-order valence-corrected chi connectivity index (χ2v) is 5.30. The van der Waals surface area contributed by atoms with Gasteiger partial charge in [-0.05, 0) is 41.9 Å². The van der Waals surface area contributed by atoms with Crippen molar-refractivity contribution < 1.29 is 9.84 Å². The van der Waals surface area contributed by atoms with Crippen LogP contribution in [0.2, 0.25) is 0 Å². The molecule has 0 radical (unpaired) electrons. The van der Waals surface area contributed by atoms with E-state index in [2.05, 4.69) is 28.2 Å². The third-order valence-electron chi connectivity index (χ3n) is 2.91. The number of rotatable bonds is 6. The van der Waals surface area contributed by atoms with Crippen LogP contribution in [0.1, 0.15) is 18.1 Å². The van der Waals surface area contributed by atoms with Gasteiger partial charge in [0.05, 0.1) is 6.61 Å². The third-order valence-corrected chi connectivity index (χ3v) is 3.64. The van der Waals surface area contributed by atoms with Gasteiger partial charge in [-0.2, -0.15) is 0 Å². The number of hydrogen-bond donors (Lipinski definition) is 2. The van der Waals surface area contributed by atoms with Crippen molar-refractivity contribution in [3.05, 3.63) is 58.1 Å². The first-order valence-electron chi connectivity index (χ1n) is 6.59. The molecule has 0 atom stereocenters. The zero-order valence-corrected chi connectivity index (χ0v) is 13.0. The van der Waals surface area contributed by atoms with Crippen LogP contribution in [0.25, 0.3) is 0 Å².